The van der Waals surface area contributed by atoms with Crippen molar-refractivity contribution in [3.8, 4) is 0 Å². The quantitative estimate of drug-likeness (QED) is 0.573. The number of nitrogens with one attached hydrogen (secondary N) is 1. The summed E-state index contributed by atoms with van der Waals surface area (Å²) < 4.78 is 96.8. The molecule has 0 spiro atoms. The molecule has 0 radical (unpaired) electrons. The van der Waals surface area contributed by atoms with Crippen LogP contribution in [0.25, 0.3) is 5.70 Å². The fraction of sp³-hybridized carbons (Fsp3) is 0.391. The van der Waals surface area contributed by atoms with Crippen molar-refractivity contribution in [1.29, 1.82) is 0 Å². The van der Waals surface area contributed by atoms with Gasteiger partial charge in [0, 0.05) is 28.8 Å². The zero-order valence-electron chi connectivity index (χ0n) is 18.3. The number of carbonyl (C=O) groups is 1. The lowest BCUT2D eigenvalue weighted by molar-refractivity contribution is -0.269. The lowest BCUT2D eigenvalue weighted by Crippen LogP contribution is -2.61. The van der Waals surface area contributed by atoms with E-state index in [1.54, 1.807) is 11.8 Å². The van der Waals surface area contributed by atoms with E-state index in [0.717, 1.165) is 18.3 Å². The van der Waals surface area contributed by atoms with Gasteiger partial charge in [-0.1, -0.05) is 12.1 Å². The summed E-state index contributed by atoms with van der Waals surface area (Å²) in [5.41, 5.74) is -4.99. The predicted molar refractivity (Wildman–Crippen MR) is 116 cm³/mol. The molecule has 0 aliphatic carbocycles. The van der Waals surface area contributed by atoms with E-state index in [9.17, 15) is 31.1 Å². The van der Waals surface area contributed by atoms with Crippen molar-refractivity contribution in [2.45, 2.75) is 23.6 Å². The maximum atomic E-state index is 15.2. The molecule has 3 aliphatic heterocycles. The summed E-state index contributed by atoms with van der Waals surface area (Å²) in [5.74, 6) is 1.23. The Hall–Kier alpha value is -2.80. The first kappa shape index (κ1) is 24.9. The highest BCUT2D eigenvalue weighted by Gasteiger charge is 2.60. The molecule has 2 fully saturated rings. The number of thioether (sulfide) groups is 1. The molecule has 0 bridgehead atoms. The monoisotopic (exact) mass is 533 g/mol. The summed E-state index contributed by atoms with van der Waals surface area (Å²) in [7, 11) is 0. The van der Waals surface area contributed by atoms with E-state index in [0.29, 0.717) is 29.7 Å². The number of rotatable bonds is 4. The number of carbonyl (C=O) groups excluding carboxylic acids is 1. The van der Waals surface area contributed by atoms with Crippen LogP contribution in [0.5, 0.6) is 0 Å². The Kier molecular flexibility index (Phi) is 5.78. The van der Waals surface area contributed by atoms with E-state index in [1.165, 1.54) is 17.0 Å². The van der Waals surface area contributed by atoms with E-state index in [4.69, 9.17) is 4.84 Å². The molecule has 0 saturated carbocycles. The first-order chi connectivity index (χ1) is 16.8. The molecule has 3 aliphatic rings. The summed E-state index contributed by atoms with van der Waals surface area (Å²) in [6.45, 7) is -0.313. The van der Waals surface area contributed by atoms with Gasteiger partial charge in [-0.2, -0.15) is 38.1 Å². The van der Waals surface area contributed by atoms with Gasteiger partial charge in [-0.15, -0.1) is 0 Å². The Morgan fingerprint density at radius 1 is 1.11 bits per heavy atom. The predicted octanol–water partition coefficient (Wildman–Crippen LogP) is 4.80. The van der Waals surface area contributed by atoms with Crippen molar-refractivity contribution >= 4 is 23.4 Å². The number of benzene rings is 1. The smallest absolute Gasteiger partial charge is 0.335 e. The molecule has 4 heterocycles. The molecule has 1 unspecified atom stereocenters. The fourth-order valence-electron chi connectivity index (χ4n) is 4.24. The molecule has 2 aromatic rings. The minimum absolute atomic E-state index is 0.0257. The van der Waals surface area contributed by atoms with Crippen LogP contribution in [0.2, 0.25) is 0 Å². The third-order valence-electron chi connectivity index (χ3n) is 6.42. The van der Waals surface area contributed by atoms with Crippen molar-refractivity contribution in [2.24, 2.45) is 5.92 Å². The van der Waals surface area contributed by atoms with Crippen molar-refractivity contribution < 1.29 is 40.4 Å². The van der Waals surface area contributed by atoms with Crippen LogP contribution in [0, 0.1) is 5.92 Å². The second-order valence-corrected chi connectivity index (χ2v) is 9.98. The molecule has 36 heavy (non-hydrogen) atoms. The maximum absolute atomic E-state index is 15.2. The molecule has 5 nitrogen and oxygen atoms in total. The zero-order valence-corrected chi connectivity index (χ0v) is 19.1. The molecule has 1 atom stereocenters. The highest BCUT2D eigenvalue weighted by Crippen LogP contribution is 2.48. The number of aromatic nitrogens is 1. The van der Waals surface area contributed by atoms with Gasteiger partial charge in [0.25, 0.3) is 0 Å². The number of pyridine rings is 1. The molecule has 5 rings (SSSR count). The maximum Gasteiger partial charge on any atom is 0.428 e. The first-order valence-electron chi connectivity index (χ1n) is 10.8. The van der Waals surface area contributed by atoms with Crippen molar-refractivity contribution in [3.05, 3.63) is 71.1 Å². The van der Waals surface area contributed by atoms with Crippen molar-refractivity contribution in [3.63, 3.8) is 0 Å². The number of likely N-dealkylation sites (tertiary alicyclic amines) is 1. The molecule has 1 amide bonds. The number of hydrogen-bond acceptors (Lipinski definition) is 5. The third kappa shape index (κ3) is 4.11. The molecule has 192 valence electrons. The number of amides is 1. The van der Waals surface area contributed by atoms with Crippen LogP contribution in [0.1, 0.15) is 22.4 Å². The Morgan fingerprint density at radius 2 is 1.83 bits per heavy atom. The highest BCUT2D eigenvalue weighted by molar-refractivity contribution is 8.00. The molecule has 1 N–H and O–H groups in total. The summed E-state index contributed by atoms with van der Waals surface area (Å²) in [6.07, 6.45) is -8.18. The van der Waals surface area contributed by atoms with Gasteiger partial charge in [0.15, 0.2) is 5.67 Å². The van der Waals surface area contributed by atoms with Crippen LogP contribution in [0.3, 0.4) is 0 Å². The van der Waals surface area contributed by atoms with Crippen LogP contribution in [-0.4, -0.2) is 46.6 Å². The number of hydrogen-bond donors (Lipinski definition) is 1. The summed E-state index contributed by atoms with van der Waals surface area (Å²) in [5, 5.41) is 0. The van der Waals surface area contributed by atoms with Crippen LogP contribution >= 0.6 is 11.8 Å². The SMILES string of the molecule is O=C(C1CSC1)N1CC(F)(c2ccc(C3=CC(c4cccc(C(F)(F)F)c4)(C(F)(F)F)ON3)cn2)C1. The molecular weight excluding hydrogens is 515 g/mol. The molecule has 13 heteroatoms. The Balaban J connectivity index is 1.38. The van der Waals surface area contributed by atoms with Gasteiger partial charge in [0.05, 0.1) is 36.0 Å². The van der Waals surface area contributed by atoms with Crippen LogP contribution in [0.15, 0.2) is 48.7 Å². The highest BCUT2D eigenvalue weighted by atomic mass is 32.2. The molecule has 2 saturated heterocycles. The van der Waals surface area contributed by atoms with Gasteiger partial charge >= 0.3 is 12.4 Å². The zero-order chi connectivity index (χ0) is 25.9. The van der Waals surface area contributed by atoms with Crippen LogP contribution < -0.4 is 5.48 Å². The first-order valence-corrected chi connectivity index (χ1v) is 11.9. The fourth-order valence-corrected chi connectivity index (χ4v) is 5.00. The minimum Gasteiger partial charge on any atom is -0.335 e. The standard InChI is InChI=1S/C23H18F7N3O2S/c24-20(11-33(12-20)19(34)14-9-36-10-14)18-5-4-13(8-31-18)17-7-21(35-32-17,23(28,29)30)15-2-1-3-16(6-15)22(25,26)27/h1-8,14,32H,9-12H2. The number of hydroxylamine groups is 1. The normalized spacial score (nSPS) is 24.0. The number of halogens is 7. The lowest BCUT2D eigenvalue weighted by Gasteiger charge is -2.46. The second-order valence-electron chi connectivity index (χ2n) is 8.90. The Morgan fingerprint density at radius 3 is 2.39 bits per heavy atom. The topological polar surface area (TPSA) is 54.5 Å². The van der Waals surface area contributed by atoms with Crippen molar-refractivity contribution in [2.75, 3.05) is 24.6 Å². The summed E-state index contributed by atoms with van der Waals surface area (Å²) in [4.78, 5) is 22.5. The third-order valence-corrected chi connectivity index (χ3v) is 7.70. The van der Waals surface area contributed by atoms with Crippen LogP contribution in [-0.2, 0) is 27.1 Å². The van der Waals surface area contributed by atoms with Gasteiger partial charge < -0.3 is 4.90 Å². The van der Waals surface area contributed by atoms with Crippen LogP contribution in [0.4, 0.5) is 30.7 Å². The number of alkyl halides is 7. The van der Waals surface area contributed by atoms with E-state index >= 15 is 4.39 Å². The van der Waals surface area contributed by atoms with Gasteiger partial charge in [-0.05, 0) is 30.3 Å². The van der Waals surface area contributed by atoms with Gasteiger partial charge in [0.1, 0.15) is 0 Å². The van der Waals surface area contributed by atoms with E-state index in [2.05, 4.69) is 10.5 Å². The minimum atomic E-state index is -5.11. The van der Waals surface area contributed by atoms with Crippen molar-refractivity contribution in [1.82, 2.24) is 15.4 Å². The molecule has 1 aromatic heterocycles. The summed E-state index contributed by atoms with van der Waals surface area (Å²) in [6, 6.07) is 5.44. The molecule has 1 aromatic carbocycles. The molecular formula is C23H18F7N3O2S. The van der Waals surface area contributed by atoms with E-state index in [1.807, 2.05) is 0 Å². The Labute approximate surface area is 204 Å². The second kappa shape index (κ2) is 8.37. The van der Waals surface area contributed by atoms with Gasteiger partial charge in [-0.3, -0.25) is 20.1 Å². The van der Waals surface area contributed by atoms with Gasteiger partial charge in [0.2, 0.25) is 11.5 Å². The average Bonchev–Trinajstić information content (AvgIpc) is 3.22. The largest absolute Gasteiger partial charge is 0.428 e. The number of nitrogens with zero attached hydrogens (tertiary/aromatic N) is 2. The van der Waals surface area contributed by atoms with E-state index < -0.39 is 34.7 Å². The Bertz CT molecular complexity index is 1210. The van der Waals surface area contributed by atoms with E-state index in [-0.39, 0.29) is 41.9 Å². The van der Waals surface area contributed by atoms with Gasteiger partial charge in [-0.25, -0.2) is 4.39 Å². The summed E-state index contributed by atoms with van der Waals surface area (Å²) >= 11 is 1.64. The lowest BCUT2D eigenvalue weighted by atomic mass is 9.89. The average molecular weight is 533 g/mol.